The minimum absolute atomic E-state index is 0.0633. The summed E-state index contributed by atoms with van der Waals surface area (Å²) >= 11 is 0. The molecule has 3 rings (SSSR count). The molecular formula is C17H24O2. The van der Waals surface area contributed by atoms with Crippen molar-refractivity contribution >= 4 is 0 Å². The summed E-state index contributed by atoms with van der Waals surface area (Å²) in [4.78, 5) is 0. The lowest BCUT2D eigenvalue weighted by Gasteiger charge is -2.51. The van der Waals surface area contributed by atoms with E-state index >= 15 is 0 Å². The third kappa shape index (κ3) is 2.16. The van der Waals surface area contributed by atoms with Gasteiger partial charge < -0.3 is 9.84 Å². The standard InChI is InChI=1S/C17H24O2/c1-12(2)13-6-5-7-14(10-13)19-16-11-15(18)17(16)8-3-4-9-17/h5-7,10,12,15-16,18H,3-4,8-9,11H2,1-2H3. The Labute approximate surface area is 115 Å². The zero-order valence-corrected chi connectivity index (χ0v) is 11.9. The van der Waals surface area contributed by atoms with Gasteiger partial charge in [-0.2, -0.15) is 0 Å². The Bertz CT molecular complexity index is 446. The van der Waals surface area contributed by atoms with Crippen LogP contribution < -0.4 is 4.74 Å². The summed E-state index contributed by atoms with van der Waals surface area (Å²) in [6.45, 7) is 4.40. The van der Waals surface area contributed by atoms with E-state index in [-0.39, 0.29) is 17.6 Å². The summed E-state index contributed by atoms with van der Waals surface area (Å²) in [5.74, 6) is 1.49. The first-order chi connectivity index (χ1) is 9.12. The summed E-state index contributed by atoms with van der Waals surface area (Å²) in [5.41, 5.74) is 1.38. The van der Waals surface area contributed by atoms with Crippen LogP contribution in [0.15, 0.2) is 24.3 Å². The molecule has 1 aromatic carbocycles. The second-order valence-corrected chi connectivity index (χ2v) is 6.53. The van der Waals surface area contributed by atoms with Crippen molar-refractivity contribution in [1.29, 1.82) is 0 Å². The van der Waals surface area contributed by atoms with Gasteiger partial charge in [0, 0.05) is 11.8 Å². The van der Waals surface area contributed by atoms with E-state index in [1.165, 1.54) is 18.4 Å². The average molecular weight is 260 g/mol. The number of hydrogen-bond donors (Lipinski definition) is 1. The van der Waals surface area contributed by atoms with E-state index in [1.807, 2.05) is 6.07 Å². The smallest absolute Gasteiger partial charge is 0.120 e. The van der Waals surface area contributed by atoms with Crippen LogP contribution in [0.5, 0.6) is 5.75 Å². The zero-order valence-electron chi connectivity index (χ0n) is 11.9. The lowest BCUT2D eigenvalue weighted by molar-refractivity contribution is -0.152. The highest BCUT2D eigenvalue weighted by Gasteiger charge is 2.57. The molecular weight excluding hydrogens is 236 g/mol. The summed E-state index contributed by atoms with van der Waals surface area (Å²) in [6.07, 6.45) is 5.60. The highest BCUT2D eigenvalue weighted by Crippen LogP contribution is 2.54. The molecule has 2 aliphatic rings. The van der Waals surface area contributed by atoms with E-state index in [0.717, 1.165) is 25.0 Å². The molecule has 2 saturated carbocycles. The topological polar surface area (TPSA) is 29.5 Å². The van der Waals surface area contributed by atoms with Gasteiger partial charge in [-0.1, -0.05) is 38.8 Å². The molecule has 0 aromatic heterocycles. The van der Waals surface area contributed by atoms with Crippen LogP contribution in [-0.4, -0.2) is 17.3 Å². The molecule has 0 heterocycles. The van der Waals surface area contributed by atoms with E-state index in [2.05, 4.69) is 32.0 Å². The van der Waals surface area contributed by atoms with Crippen LogP contribution in [0.3, 0.4) is 0 Å². The molecule has 2 heteroatoms. The molecule has 2 nitrogen and oxygen atoms in total. The molecule has 0 radical (unpaired) electrons. The fraction of sp³-hybridized carbons (Fsp3) is 0.647. The third-order valence-corrected chi connectivity index (χ3v) is 5.08. The maximum Gasteiger partial charge on any atom is 0.120 e. The van der Waals surface area contributed by atoms with Crippen LogP contribution >= 0.6 is 0 Å². The Kier molecular flexibility index (Phi) is 3.30. The Hall–Kier alpha value is -1.02. The number of ether oxygens (including phenoxy) is 1. The Morgan fingerprint density at radius 3 is 2.63 bits per heavy atom. The summed E-state index contributed by atoms with van der Waals surface area (Å²) in [6, 6.07) is 8.41. The van der Waals surface area contributed by atoms with Crippen molar-refractivity contribution in [2.24, 2.45) is 5.41 Å². The fourth-order valence-electron chi connectivity index (χ4n) is 3.69. The van der Waals surface area contributed by atoms with E-state index < -0.39 is 0 Å². The third-order valence-electron chi connectivity index (χ3n) is 5.08. The monoisotopic (exact) mass is 260 g/mol. The predicted octanol–water partition coefficient (Wildman–Crippen LogP) is 3.88. The van der Waals surface area contributed by atoms with E-state index in [9.17, 15) is 5.11 Å². The van der Waals surface area contributed by atoms with Crippen LogP contribution in [0.1, 0.15) is 57.4 Å². The van der Waals surface area contributed by atoms with Gasteiger partial charge in [-0.3, -0.25) is 0 Å². The Balaban J connectivity index is 1.73. The first-order valence-corrected chi connectivity index (χ1v) is 7.56. The van der Waals surface area contributed by atoms with E-state index in [1.54, 1.807) is 0 Å². The quantitative estimate of drug-likeness (QED) is 0.893. The van der Waals surface area contributed by atoms with E-state index in [0.29, 0.717) is 5.92 Å². The number of benzene rings is 1. The minimum atomic E-state index is -0.145. The fourth-order valence-corrected chi connectivity index (χ4v) is 3.69. The molecule has 0 amide bonds. The second kappa shape index (κ2) is 4.82. The van der Waals surface area contributed by atoms with Crippen molar-refractivity contribution in [1.82, 2.24) is 0 Å². The van der Waals surface area contributed by atoms with Gasteiger partial charge in [-0.05, 0) is 36.5 Å². The van der Waals surface area contributed by atoms with Gasteiger partial charge in [-0.15, -0.1) is 0 Å². The molecule has 0 aliphatic heterocycles. The predicted molar refractivity (Wildman–Crippen MR) is 76.5 cm³/mol. The maximum atomic E-state index is 10.1. The highest BCUT2D eigenvalue weighted by molar-refractivity contribution is 5.31. The molecule has 2 aliphatic carbocycles. The van der Waals surface area contributed by atoms with Crippen molar-refractivity contribution in [3.05, 3.63) is 29.8 Å². The van der Waals surface area contributed by atoms with Crippen LogP contribution in [0, 0.1) is 5.41 Å². The Morgan fingerprint density at radius 1 is 1.26 bits per heavy atom. The second-order valence-electron chi connectivity index (χ2n) is 6.53. The van der Waals surface area contributed by atoms with Gasteiger partial charge in [-0.25, -0.2) is 0 Å². The van der Waals surface area contributed by atoms with Crippen LogP contribution in [0.4, 0.5) is 0 Å². The van der Waals surface area contributed by atoms with Crippen molar-refractivity contribution in [3.8, 4) is 5.75 Å². The van der Waals surface area contributed by atoms with Crippen molar-refractivity contribution in [2.45, 2.75) is 64.1 Å². The van der Waals surface area contributed by atoms with Gasteiger partial charge >= 0.3 is 0 Å². The van der Waals surface area contributed by atoms with Gasteiger partial charge in [0.1, 0.15) is 11.9 Å². The summed E-state index contributed by atoms with van der Waals surface area (Å²) in [5, 5.41) is 10.1. The van der Waals surface area contributed by atoms with Gasteiger partial charge in [0.15, 0.2) is 0 Å². The van der Waals surface area contributed by atoms with Crippen LogP contribution in [0.25, 0.3) is 0 Å². The maximum absolute atomic E-state index is 10.1. The number of aliphatic hydroxyl groups is 1. The number of aliphatic hydroxyl groups excluding tert-OH is 1. The normalized spacial score (nSPS) is 28.6. The molecule has 2 fully saturated rings. The van der Waals surface area contributed by atoms with Gasteiger partial charge in [0.05, 0.1) is 6.10 Å². The van der Waals surface area contributed by atoms with Crippen LogP contribution in [-0.2, 0) is 0 Å². The lowest BCUT2D eigenvalue weighted by atomic mass is 9.62. The largest absolute Gasteiger partial charge is 0.490 e. The first-order valence-electron chi connectivity index (χ1n) is 7.56. The number of rotatable bonds is 3. The molecule has 2 unspecified atom stereocenters. The molecule has 104 valence electrons. The molecule has 1 spiro atoms. The molecule has 1 N–H and O–H groups in total. The van der Waals surface area contributed by atoms with Gasteiger partial charge in [0.2, 0.25) is 0 Å². The van der Waals surface area contributed by atoms with Crippen molar-refractivity contribution < 1.29 is 9.84 Å². The van der Waals surface area contributed by atoms with E-state index in [4.69, 9.17) is 4.74 Å². The van der Waals surface area contributed by atoms with Crippen LogP contribution in [0.2, 0.25) is 0 Å². The lowest BCUT2D eigenvalue weighted by Crippen LogP contribution is -2.58. The highest BCUT2D eigenvalue weighted by atomic mass is 16.5. The average Bonchev–Trinajstić information content (AvgIpc) is 2.91. The van der Waals surface area contributed by atoms with Gasteiger partial charge in [0.25, 0.3) is 0 Å². The summed E-state index contributed by atoms with van der Waals surface area (Å²) < 4.78 is 6.19. The van der Waals surface area contributed by atoms with Crippen molar-refractivity contribution in [3.63, 3.8) is 0 Å². The molecule has 19 heavy (non-hydrogen) atoms. The molecule has 1 aromatic rings. The first kappa shape index (κ1) is 13.0. The molecule has 0 bridgehead atoms. The van der Waals surface area contributed by atoms with Crippen molar-refractivity contribution in [2.75, 3.05) is 0 Å². The zero-order chi connectivity index (χ0) is 13.5. The molecule has 0 saturated heterocycles. The number of hydrogen-bond acceptors (Lipinski definition) is 2. The minimum Gasteiger partial charge on any atom is -0.490 e. The SMILES string of the molecule is CC(C)c1cccc(OC2CC(O)C23CCCC3)c1. The Morgan fingerprint density at radius 2 is 2.00 bits per heavy atom. The summed E-state index contributed by atoms with van der Waals surface area (Å²) in [7, 11) is 0. The molecule has 2 atom stereocenters.